The average Bonchev–Trinajstić information content (AvgIpc) is 2.92. The van der Waals surface area contributed by atoms with Gasteiger partial charge in [-0.2, -0.15) is 13.2 Å². The van der Waals surface area contributed by atoms with E-state index in [1.165, 1.54) is 12.8 Å². The first-order chi connectivity index (χ1) is 21.3. The number of rotatable bonds is 2. The van der Waals surface area contributed by atoms with Gasteiger partial charge in [0.1, 0.15) is 6.61 Å². The van der Waals surface area contributed by atoms with Gasteiger partial charge in [0.2, 0.25) is 0 Å². The highest BCUT2D eigenvalue weighted by Crippen LogP contribution is 2.87. The number of alkyl halides is 3. The Labute approximate surface area is 263 Å². The van der Waals surface area contributed by atoms with E-state index in [0.717, 1.165) is 136 Å². The van der Waals surface area contributed by atoms with Gasteiger partial charge in [-0.15, -0.1) is 0 Å². The lowest BCUT2D eigenvalue weighted by molar-refractivity contribution is -0.399. The fraction of sp³-hybridized carbons (Fsp3) is 1.00. The van der Waals surface area contributed by atoms with Crippen molar-refractivity contribution in [3.05, 3.63) is 0 Å². The Morgan fingerprint density at radius 3 is 1.11 bits per heavy atom. The number of halogens is 3. The van der Waals surface area contributed by atoms with Crippen LogP contribution < -0.4 is 0 Å². The average molecular weight is 627 g/mol. The minimum absolute atomic E-state index is 0.103. The van der Waals surface area contributed by atoms with Crippen molar-refractivity contribution >= 4 is 0 Å². The van der Waals surface area contributed by atoms with Crippen LogP contribution in [0.2, 0.25) is 0 Å². The summed E-state index contributed by atoms with van der Waals surface area (Å²) in [5.41, 5.74) is -1.28. The molecule has 0 amide bonds. The van der Waals surface area contributed by atoms with E-state index >= 15 is 0 Å². The van der Waals surface area contributed by atoms with E-state index in [9.17, 15) is 28.5 Å². The van der Waals surface area contributed by atoms with Crippen molar-refractivity contribution in [1.82, 2.24) is 0 Å². The highest BCUT2D eigenvalue weighted by atomic mass is 19.4. The summed E-state index contributed by atoms with van der Waals surface area (Å²) in [5, 5.41) is 33.4. The topological polar surface area (TPSA) is 69.9 Å². The van der Waals surface area contributed by atoms with Crippen molar-refractivity contribution in [2.75, 3.05) is 6.61 Å². The summed E-state index contributed by atoms with van der Waals surface area (Å²) in [6, 6.07) is 0. The van der Waals surface area contributed by atoms with Crippen LogP contribution in [0.1, 0.15) is 89.9 Å². The molecule has 0 aliphatic heterocycles. The normalized spacial score (nSPS) is 73.5. The van der Waals surface area contributed by atoms with E-state index in [2.05, 4.69) is 0 Å². The third kappa shape index (κ3) is 2.72. The van der Waals surface area contributed by atoms with Crippen LogP contribution in [0.3, 0.4) is 0 Å². The van der Waals surface area contributed by atoms with Crippen molar-refractivity contribution < 1.29 is 33.2 Å². The van der Waals surface area contributed by atoms with Gasteiger partial charge in [0.15, 0.2) is 0 Å². The maximum Gasteiger partial charge on any atom is 0.411 e. The van der Waals surface area contributed by atoms with E-state index in [1.807, 2.05) is 0 Å². The fourth-order valence-electron chi connectivity index (χ4n) is 21.1. The van der Waals surface area contributed by atoms with Crippen molar-refractivity contribution in [2.24, 2.45) is 106 Å². The monoisotopic (exact) mass is 626 g/mol. The first kappa shape index (κ1) is 26.5. The summed E-state index contributed by atoms with van der Waals surface area (Å²) in [5.74, 6) is 12.4. The Morgan fingerprint density at radius 1 is 0.467 bits per heavy atom. The van der Waals surface area contributed by atoms with E-state index in [1.54, 1.807) is 0 Å². The predicted octanol–water partition coefficient (Wildman–Crippen LogP) is 5.97. The molecule has 3 N–H and O–H groups in total. The SMILES string of the molecule is OC12CC3C4CC5C6CC7(O)CC5C(C4C1)C(C2)(C7)C36.OC12CC3C4CC5C6CC7(OCC(F)(F)F)CC5C(C4C1)C(C2)(C7)C36. The van der Waals surface area contributed by atoms with Crippen LogP contribution in [-0.4, -0.2) is 50.5 Å². The minimum Gasteiger partial charge on any atom is -0.390 e. The molecule has 0 saturated heterocycles. The molecule has 20 fully saturated rings. The third-order valence-electron chi connectivity index (χ3n) is 19.9. The molecule has 0 heterocycles. The molecule has 4 nitrogen and oxygen atoms in total. The quantitative estimate of drug-likeness (QED) is 0.354. The molecule has 246 valence electrons. The number of ether oxygens (including phenoxy) is 1. The molecule has 2 spiro atoms. The summed E-state index contributed by atoms with van der Waals surface area (Å²) in [6.45, 7) is -1.09. The molecule has 0 aromatic carbocycles. The summed E-state index contributed by atoms with van der Waals surface area (Å²) < 4.78 is 44.3. The Morgan fingerprint density at radius 2 is 0.778 bits per heavy atom. The molecule has 7 heteroatoms. The van der Waals surface area contributed by atoms with E-state index in [0.29, 0.717) is 40.9 Å². The summed E-state index contributed by atoms with van der Waals surface area (Å²) in [7, 11) is 0. The van der Waals surface area contributed by atoms with Crippen LogP contribution in [-0.2, 0) is 4.74 Å². The molecule has 20 aliphatic carbocycles. The largest absolute Gasteiger partial charge is 0.411 e. The second-order valence-corrected chi connectivity index (χ2v) is 21.1. The Hall–Kier alpha value is -0.370. The molecule has 0 aromatic heterocycles. The fourth-order valence-corrected chi connectivity index (χ4v) is 21.1. The van der Waals surface area contributed by atoms with Gasteiger partial charge >= 0.3 is 6.18 Å². The van der Waals surface area contributed by atoms with Gasteiger partial charge in [0.25, 0.3) is 0 Å². The van der Waals surface area contributed by atoms with Crippen LogP contribution in [0, 0.1) is 106 Å². The maximum atomic E-state index is 12.9. The van der Waals surface area contributed by atoms with Gasteiger partial charge in [-0.3, -0.25) is 0 Å². The number of aliphatic hydroxyl groups is 3. The zero-order valence-corrected chi connectivity index (χ0v) is 26.2. The molecule has 20 saturated carbocycles. The third-order valence-corrected chi connectivity index (χ3v) is 19.9. The lowest BCUT2D eigenvalue weighted by Gasteiger charge is -2.85. The zero-order valence-electron chi connectivity index (χ0n) is 26.2. The predicted molar refractivity (Wildman–Crippen MR) is 155 cm³/mol. The summed E-state index contributed by atoms with van der Waals surface area (Å²) >= 11 is 0. The maximum absolute atomic E-state index is 12.9. The van der Waals surface area contributed by atoms with Crippen LogP contribution in [0.4, 0.5) is 13.2 Å². The van der Waals surface area contributed by atoms with Gasteiger partial charge in [-0.05, 0) is 195 Å². The molecule has 0 radical (unpaired) electrons. The van der Waals surface area contributed by atoms with Gasteiger partial charge in [-0.25, -0.2) is 0 Å². The van der Waals surface area contributed by atoms with Crippen LogP contribution >= 0.6 is 0 Å². The van der Waals surface area contributed by atoms with Crippen LogP contribution in [0.15, 0.2) is 0 Å². The Kier molecular flexibility index (Phi) is 4.18. The molecule has 10 atom stereocenters. The standard InChI is InChI=1S/C20H25F3O2.C18H24O2/c21-20(22,23)8-25-18-4-13-10-1-9-11-2-17(24)3-12(9)16(14(10)5-18)19(6-17,7-18)15(11)13;19-16-2-10-8-1-9-12-4-17(20)5-13(9)15(11(8)3-16)18(6-16,7-17)14(10)12/h9-16,24H,1-8H2;8-15,19-20H,1-7H2. The zero-order chi connectivity index (χ0) is 30.1. The molecule has 45 heavy (non-hydrogen) atoms. The van der Waals surface area contributed by atoms with E-state index in [4.69, 9.17) is 4.74 Å². The minimum atomic E-state index is -4.24. The molecular weight excluding hydrogens is 577 g/mol. The Balaban J connectivity index is 0.000000105. The molecular formula is C38H49F3O4. The first-order valence-corrected chi connectivity index (χ1v) is 19.1. The van der Waals surface area contributed by atoms with Crippen molar-refractivity contribution in [3.8, 4) is 0 Å². The molecule has 10 unspecified atom stereocenters. The summed E-state index contributed by atoms with van der Waals surface area (Å²) in [6.07, 6.45) is 10.4. The van der Waals surface area contributed by atoms with E-state index < -0.39 is 24.0 Å². The highest BCUT2D eigenvalue weighted by molar-refractivity contribution is 5.33. The highest BCUT2D eigenvalue weighted by Gasteiger charge is 2.84. The van der Waals surface area contributed by atoms with Gasteiger partial charge in [-0.1, -0.05) is 0 Å². The lowest BCUT2D eigenvalue weighted by Crippen LogP contribution is -2.82. The van der Waals surface area contributed by atoms with E-state index in [-0.39, 0.29) is 16.6 Å². The second kappa shape index (κ2) is 7.11. The molecule has 22 bridgehead atoms. The smallest absolute Gasteiger partial charge is 0.390 e. The van der Waals surface area contributed by atoms with Crippen molar-refractivity contribution in [3.63, 3.8) is 0 Å². The van der Waals surface area contributed by atoms with Gasteiger partial charge in [0.05, 0.1) is 22.4 Å². The first-order valence-electron chi connectivity index (χ1n) is 19.1. The number of hydrogen-bond donors (Lipinski definition) is 3. The molecule has 20 aliphatic rings. The van der Waals surface area contributed by atoms with Crippen molar-refractivity contribution in [1.29, 1.82) is 0 Å². The van der Waals surface area contributed by atoms with Crippen molar-refractivity contribution in [2.45, 2.75) is 118 Å². The second-order valence-electron chi connectivity index (χ2n) is 21.1. The molecule has 0 aromatic rings. The van der Waals surface area contributed by atoms with Gasteiger partial charge < -0.3 is 20.1 Å². The molecule has 20 rings (SSSR count). The lowest BCUT2D eigenvalue weighted by atomic mass is 9.21. The number of hydrogen-bond acceptors (Lipinski definition) is 4. The van der Waals surface area contributed by atoms with Crippen LogP contribution in [0.25, 0.3) is 0 Å². The summed E-state index contributed by atoms with van der Waals surface area (Å²) in [4.78, 5) is 0. The Bertz CT molecular complexity index is 1330. The van der Waals surface area contributed by atoms with Crippen LogP contribution in [0.5, 0.6) is 0 Å². The van der Waals surface area contributed by atoms with Gasteiger partial charge in [0, 0.05) is 0 Å².